The van der Waals surface area contributed by atoms with Crippen LogP contribution in [0.4, 0.5) is 0 Å². The van der Waals surface area contributed by atoms with Crippen LogP contribution >= 0.6 is 0 Å². The van der Waals surface area contributed by atoms with Gasteiger partial charge >= 0.3 is 0 Å². The van der Waals surface area contributed by atoms with Gasteiger partial charge in [0.25, 0.3) is 0 Å². The Morgan fingerprint density at radius 1 is 1.50 bits per heavy atom. The molecule has 6 heavy (non-hydrogen) atoms. The van der Waals surface area contributed by atoms with Crippen molar-refractivity contribution in [3.63, 3.8) is 0 Å². The molecule has 0 aromatic heterocycles. The van der Waals surface area contributed by atoms with E-state index in [1.54, 1.807) is 0 Å². The summed E-state index contributed by atoms with van der Waals surface area (Å²) >= 11 is 0. The maximum atomic E-state index is 5.21. The molecule has 1 radical (unpaired) electrons. The summed E-state index contributed by atoms with van der Waals surface area (Å²) in [6.07, 6.45) is 4.05. The SMILES string of the molecule is N[B]C1CCC1. The Kier molecular flexibility index (Phi) is 1.15. The molecule has 0 spiro atoms. The molecule has 0 bridgehead atoms. The van der Waals surface area contributed by atoms with Crippen molar-refractivity contribution in [2.45, 2.75) is 25.1 Å². The zero-order valence-electron chi connectivity index (χ0n) is 3.85. The van der Waals surface area contributed by atoms with E-state index in [2.05, 4.69) is 0 Å². The Bertz CT molecular complexity index is 40.1. The summed E-state index contributed by atoms with van der Waals surface area (Å²) in [5.41, 5.74) is 5.21. The van der Waals surface area contributed by atoms with Crippen LogP contribution in [-0.2, 0) is 0 Å². The van der Waals surface area contributed by atoms with Gasteiger partial charge in [-0.1, -0.05) is 25.1 Å². The minimum Gasteiger partial charge on any atom is -0.374 e. The van der Waals surface area contributed by atoms with E-state index in [0.717, 1.165) is 5.82 Å². The van der Waals surface area contributed by atoms with Crippen LogP contribution in [0.2, 0.25) is 5.82 Å². The summed E-state index contributed by atoms with van der Waals surface area (Å²) in [6, 6.07) is 0. The molecule has 0 unspecified atom stereocenters. The van der Waals surface area contributed by atoms with Crippen molar-refractivity contribution in [2.75, 3.05) is 0 Å². The normalized spacial score (nSPS) is 22.8. The van der Waals surface area contributed by atoms with Crippen molar-refractivity contribution in [2.24, 2.45) is 5.64 Å². The second-order valence-electron chi connectivity index (χ2n) is 1.88. The molecule has 1 saturated carbocycles. The van der Waals surface area contributed by atoms with Crippen LogP contribution in [0.5, 0.6) is 0 Å². The molecule has 1 aliphatic carbocycles. The first-order chi connectivity index (χ1) is 2.93. The fraction of sp³-hybridized carbons (Fsp3) is 1.00. The second-order valence-corrected chi connectivity index (χ2v) is 1.88. The van der Waals surface area contributed by atoms with E-state index in [-0.39, 0.29) is 0 Å². The molecule has 0 amide bonds. The Morgan fingerprint density at radius 3 is 2.17 bits per heavy atom. The van der Waals surface area contributed by atoms with E-state index in [0.29, 0.717) is 0 Å². The molecule has 0 heterocycles. The van der Waals surface area contributed by atoms with Gasteiger partial charge in [-0.2, -0.15) is 0 Å². The molecule has 0 aliphatic heterocycles. The highest BCUT2D eigenvalue weighted by atomic mass is 14.4. The minimum atomic E-state index is 0.769. The van der Waals surface area contributed by atoms with Crippen molar-refractivity contribution in [3.8, 4) is 0 Å². The highest BCUT2D eigenvalue weighted by Crippen LogP contribution is 2.29. The fourth-order valence-corrected chi connectivity index (χ4v) is 0.632. The Morgan fingerprint density at radius 2 is 2.17 bits per heavy atom. The van der Waals surface area contributed by atoms with Crippen LogP contribution in [0.3, 0.4) is 0 Å². The third-order valence-corrected chi connectivity index (χ3v) is 1.42. The summed E-state index contributed by atoms with van der Waals surface area (Å²) < 4.78 is 0. The number of rotatable bonds is 1. The summed E-state index contributed by atoms with van der Waals surface area (Å²) in [4.78, 5) is 0. The minimum absolute atomic E-state index is 0.769. The molecule has 1 nitrogen and oxygen atoms in total. The average Bonchev–Trinajstić information content (AvgIpc) is 1.31. The molecular formula is C4H9BN. The lowest BCUT2D eigenvalue weighted by molar-refractivity contribution is 0.498. The largest absolute Gasteiger partial charge is 0.374 e. The van der Waals surface area contributed by atoms with Gasteiger partial charge < -0.3 is 5.64 Å². The van der Waals surface area contributed by atoms with Crippen LogP contribution in [0.25, 0.3) is 0 Å². The van der Waals surface area contributed by atoms with Crippen LogP contribution in [0, 0.1) is 0 Å². The summed E-state index contributed by atoms with van der Waals surface area (Å²) in [5.74, 6) is 0.769. The quantitative estimate of drug-likeness (QED) is 0.459. The van der Waals surface area contributed by atoms with Crippen molar-refractivity contribution < 1.29 is 0 Å². The van der Waals surface area contributed by atoms with E-state index in [1.165, 1.54) is 19.3 Å². The summed E-state index contributed by atoms with van der Waals surface area (Å²) in [7, 11) is 1.81. The molecule has 2 heteroatoms. The van der Waals surface area contributed by atoms with Crippen molar-refractivity contribution in [1.29, 1.82) is 0 Å². The standard InChI is InChI=1S/C4H9BN/c6-5-4-2-1-3-4/h4H,1-3,6H2. The second kappa shape index (κ2) is 1.65. The summed E-state index contributed by atoms with van der Waals surface area (Å²) in [5, 5.41) is 0. The van der Waals surface area contributed by atoms with Gasteiger partial charge in [0, 0.05) is 0 Å². The molecule has 33 valence electrons. The van der Waals surface area contributed by atoms with E-state index >= 15 is 0 Å². The predicted octanol–water partition coefficient (Wildman–Crippen LogP) is 0.537. The van der Waals surface area contributed by atoms with Crippen LogP contribution in [0.1, 0.15) is 19.3 Å². The van der Waals surface area contributed by atoms with Crippen molar-refractivity contribution >= 4 is 7.41 Å². The third kappa shape index (κ3) is 0.572. The van der Waals surface area contributed by atoms with Gasteiger partial charge in [0.15, 0.2) is 0 Å². The molecule has 1 fully saturated rings. The van der Waals surface area contributed by atoms with Crippen molar-refractivity contribution in [1.82, 2.24) is 0 Å². The zero-order valence-corrected chi connectivity index (χ0v) is 3.85. The van der Waals surface area contributed by atoms with Gasteiger partial charge in [0.05, 0.1) is 0 Å². The lowest BCUT2D eigenvalue weighted by Gasteiger charge is -2.21. The van der Waals surface area contributed by atoms with Gasteiger partial charge in [0.1, 0.15) is 0 Å². The molecule has 1 rings (SSSR count). The van der Waals surface area contributed by atoms with E-state index in [1.807, 2.05) is 7.41 Å². The Balaban J connectivity index is 2.01. The van der Waals surface area contributed by atoms with Gasteiger partial charge in [-0.15, -0.1) is 0 Å². The van der Waals surface area contributed by atoms with Gasteiger partial charge in [0.2, 0.25) is 7.41 Å². The molecule has 0 atom stereocenters. The predicted molar refractivity (Wildman–Crippen MR) is 27.5 cm³/mol. The van der Waals surface area contributed by atoms with Crippen molar-refractivity contribution in [3.05, 3.63) is 0 Å². The molecule has 0 saturated heterocycles. The molecule has 0 aromatic carbocycles. The van der Waals surface area contributed by atoms with Gasteiger partial charge in [-0.25, -0.2) is 0 Å². The smallest absolute Gasteiger partial charge is 0.205 e. The first-order valence-electron chi connectivity index (χ1n) is 2.48. The molecule has 2 N–H and O–H groups in total. The van der Waals surface area contributed by atoms with Crippen LogP contribution in [0.15, 0.2) is 0 Å². The van der Waals surface area contributed by atoms with Gasteiger partial charge in [-0.3, -0.25) is 0 Å². The van der Waals surface area contributed by atoms with Crippen LogP contribution < -0.4 is 5.64 Å². The Hall–Kier alpha value is 0.0249. The zero-order chi connectivity index (χ0) is 4.41. The molecular weight excluding hydrogens is 72.9 g/mol. The fourth-order valence-electron chi connectivity index (χ4n) is 0.632. The van der Waals surface area contributed by atoms with E-state index < -0.39 is 0 Å². The lowest BCUT2D eigenvalue weighted by Crippen LogP contribution is -2.19. The Labute approximate surface area is 39.2 Å². The molecule has 0 aromatic rings. The molecule has 1 aliphatic rings. The summed E-state index contributed by atoms with van der Waals surface area (Å²) in [6.45, 7) is 0. The third-order valence-electron chi connectivity index (χ3n) is 1.42. The highest BCUT2D eigenvalue weighted by Gasteiger charge is 2.15. The van der Waals surface area contributed by atoms with Crippen LogP contribution in [-0.4, -0.2) is 7.41 Å². The first-order valence-corrected chi connectivity index (χ1v) is 2.48. The number of hydrogen-bond donors (Lipinski definition) is 1. The maximum absolute atomic E-state index is 5.21. The average molecular weight is 81.9 g/mol. The topological polar surface area (TPSA) is 26.0 Å². The highest BCUT2D eigenvalue weighted by molar-refractivity contribution is 6.33. The van der Waals surface area contributed by atoms with E-state index in [4.69, 9.17) is 5.64 Å². The number of hydrogen-bond acceptors (Lipinski definition) is 1. The van der Waals surface area contributed by atoms with Gasteiger partial charge in [-0.05, 0) is 0 Å². The first kappa shape index (κ1) is 4.19. The monoisotopic (exact) mass is 82.1 g/mol. The maximum Gasteiger partial charge on any atom is 0.205 e. The number of nitrogens with two attached hydrogens (primary N) is 1. The lowest BCUT2D eigenvalue weighted by atomic mass is 9.64. The van der Waals surface area contributed by atoms with E-state index in [9.17, 15) is 0 Å².